The summed E-state index contributed by atoms with van der Waals surface area (Å²) in [6, 6.07) is 6.75. The molecule has 4 rings (SSSR count). The number of hydrogen-bond donors (Lipinski definition) is 1. The molecule has 2 atom stereocenters. The van der Waals surface area contributed by atoms with Gasteiger partial charge in [0, 0.05) is 38.5 Å². The Hall–Kier alpha value is -3.50. The van der Waals surface area contributed by atoms with Crippen molar-refractivity contribution in [1.82, 2.24) is 15.1 Å². The minimum Gasteiger partial charge on any atom is -0.342 e. The molecule has 2 heterocycles. The third kappa shape index (κ3) is 6.38. The number of alkyl halides is 3. The number of likely N-dealkylation sites (N-methyl/N-ethyl adjacent to an activating group) is 1. The predicted octanol–water partition coefficient (Wildman–Crippen LogP) is 5.38. The first-order chi connectivity index (χ1) is 19.3. The van der Waals surface area contributed by atoms with E-state index >= 15 is 0 Å². The van der Waals surface area contributed by atoms with Crippen molar-refractivity contribution in [2.24, 2.45) is 11.3 Å². The van der Waals surface area contributed by atoms with Crippen molar-refractivity contribution in [2.45, 2.75) is 58.2 Å². The summed E-state index contributed by atoms with van der Waals surface area (Å²) in [5.74, 6) is -3.47. The Morgan fingerprint density at radius 2 is 1.68 bits per heavy atom. The van der Waals surface area contributed by atoms with E-state index < -0.39 is 52.3 Å². The lowest BCUT2D eigenvalue weighted by Crippen LogP contribution is -2.57. The SMILES string of the molecule is CCN1CC(c2ccc(F)cc2)C2(CCN(C(=O)[C@H](NC(=O)c3cc(C(F)(F)F)ccc3F)C(C)C)CC2)CC1=O. The van der Waals surface area contributed by atoms with Gasteiger partial charge in [0.05, 0.1) is 11.1 Å². The highest BCUT2D eigenvalue weighted by atomic mass is 19.4. The van der Waals surface area contributed by atoms with Crippen LogP contribution in [0.4, 0.5) is 22.0 Å². The maximum absolute atomic E-state index is 14.3. The van der Waals surface area contributed by atoms with Crippen LogP contribution in [0.1, 0.15) is 67.4 Å². The van der Waals surface area contributed by atoms with Crippen LogP contribution in [0, 0.1) is 23.0 Å². The van der Waals surface area contributed by atoms with Crippen molar-refractivity contribution in [3.8, 4) is 0 Å². The minimum atomic E-state index is -4.76. The van der Waals surface area contributed by atoms with Gasteiger partial charge in [0.15, 0.2) is 0 Å². The molecule has 2 fully saturated rings. The molecule has 2 saturated heterocycles. The quantitative estimate of drug-likeness (QED) is 0.467. The van der Waals surface area contributed by atoms with Crippen LogP contribution < -0.4 is 5.32 Å². The van der Waals surface area contributed by atoms with Crippen LogP contribution in [0.2, 0.25) is 0 Å². The average Bonchev–Trinajstić information content (AvgIpc) is 2.92. The van der Waals surface area contributed by atoms with Crippen molar-refractivity contribution in [1.29, 1.82) is 0 Å². The van der Waals surface area contributed by atoms with E-state index in [4.69, 9.17) is 0 Å². The Bertz CT molecular complexity index is 1290. The Labute approximate surface area is 235 Å². The Kier molecular flexibility index (Phi) is 8.75. The molecule has 0 radical (unpaired) electrons. The number of piperidine rings is 2. The van der Waals surface area contributed by atoms with Crippen molar-refractivity contribution in [2.75, 3.05) is 26.2 Å². The van der Waals surface area contributed by atoms with E-state index in [2.05, 4.69) is 5.32 Å². The summed E-state index contributed by atoms with van der Waals surface area (Å²) in [4.78, 5) is 42.7. The number of halogens is 5. The van der Waals surface area contributed by atoms with Crippen LogP contribution in [-0.2, 0) is 15.8 Å². The smallest absolute Gasteiger partial charge is 0.342 e. The van der Waals surface area contributed by atoms with Gasteiger partial charge in [0.1, 0.15) is 17.7 Å². The van der Waals surface area contributed by atoms with Crippen molar-refractivity contribution in [3.05, 3.63) is 70.8 Å². The van der Waals surface area contributed by atoms with Crippen LogP contribution in [0.5, 0.6) is 0 Å². The molecule has 0 aromatic heterocycles. The molecule has 1 unspecified atom stereocenters. The van der Waals surface area contributed by atoms with Gasteiger partial charge in [-0.1, -0.05) is 26.0 Å². The number of amides is 3. The van der Waals surface area contributed by atoms with Gasteiger partial charge in [-0.2, -0.15) is 13.2 Å². The fourth-order valence-corrected chi connectivity index (χ4v) is 6.01. The summed E-state index contributed by atoms with van der Waals surface area (Å²) >= 11 is 0. The third-order valence-corrected chi connectivity index (χ3v) is 8.48. The van der Waals surface area contributed by atoms with Crippen molar-refractivity contribution in [3.63, 3.8) is 0 Å². The monoisotopic (exact) mass is 579 g/mol. The minimum absolute atomic E-state index is 0.0288. The van der Waals surface area contributed by atoms with Crippen LogP contribution >= 0.6 is 0 Å². The molecule has 3 amide bonds. The van der Waals surface area contributed by atoms with Gasteiger partial charge in [0.2, 0.25) is 11.8 Å². The fourth-order valence-electron chi connectivity index (χ4n) is 6.01. The molecule has 1 spiro atoms. The van der Waals surface area contributed by atoms with Crippen LogP contribution in [0.15, 0.2) is 42.5 Å². The molecule has 2 aromatic carbocycles. The zero-order valence-corrected chi connectivity index (χ0v) is 23.2. The number of hydrogen-bond acceptors (Lipinski definition) is 3. The molecule has 0 aliphatic carbocycles. The molecule has 1 N–H and O–H groups in total. The number of rotatable bonds is 6. The summed E-state index contributed by atoms with van der Waals surface area (Å²) in [6.07, 6.45) is -3.46. The fraction of sp³-hybridized carbons (Fsp3) is 0.500. The average molecular weight is 580 g/mol. The number of benzene rings is 2. The second-order valence-corrected chi connectivity index (χ2v) is 11.3. The molecular formula is C30H34F5N3O3. The number of nitrogens with zero attached hydrogens (tertiary/aromatic N) is 2. The molecule has 0 bridgehead atoms. The number of likely N-dealkylation sites (tertiary alicyclic amines) is 2. The Balaban J connectivity index is 1.51. The van der Waals surface area contributed by atoms with Crippen LogP contribution in [0.25, 0.3) is 0 Å². The van der Waals surface area contributed by atoms with E-state index in [-0.39, 0.29) is 17.6 Å². The summed E-state index contributed by atoms with van der Waals surface area (Å²) < 4.78 is 67.4. The predicted molar refractivity (Wildman–Crippen MR) is 142 cm³/mol. The summed E-state index contributed by atoms with van der Waals surface area (Å²) in [7, 11) is 0. The van der Waals surface area contributed by atoms with Gasteiger partial charge < -0.3 is 15.1 Å². The third-order valence-electron chi connectivity index (χ3n) is 8.48. The van der Waals surface area contributed by atoms with Crippen LogP contribution in [0.3, 0.4) is 0 Å². The Morgan fingerprint density at radius 3 is 2.24 bits per heavy atom. The van der Waals surface area contributed by atoms with E-state index in [0.717, 1.165) is 5.56 Å². The van der Waals surface area contributed by atoms with Gasteiger partial charge in [-0.3, -0.25) is 14.4 Å². The van der Waals surface area contributed by atoms with Gasteiger partial charge in [0.25, 0.3) is 5.91 Å². The Morgan fingerprint density at radius 1 is 1.05 bits per heavy atom. The number of carbonyl (C=O) groups excluding carboxylic acids is 3. The summed E-state index contributed by atoms with van der Waals surface area (Å²) in [6.45, 7) is 6.91. The molecular weight excluding hydrogens is 545 g/mol. The van der Waals surface area contributed by atoms with Gasteiger partial charge in [-0.15, -0.1) is 0 Å². The van der Waals surface area contributed by atoms with Gasteiger partial charge in [-0.25, -0.2) is 8.78 Å². The number of nitrogens with one attached hydrogen (secondary N) is 1. The molecule has 11 heteroatoms. The lowest BCUT2D eigenvalue weighted by Gasteiger charge is -2.51. The molecule has 6 nitrogen and oxygen atoms in total. The standard InChI is InChI=1S/C30H34F5N3O3/c1-4-37-17-23(19-5-8-21(31)9-6-19)29(16-25(37)39)11-13-38(14-12-29)28(41)26(18(2)3)36-27(40)22-15-20(30(33,34)35)7-10-24(22)32/h5-10,15,18,23,26H,4,11-14,16-17H2,1-3H3,(H,36,40)/t23?,26-/m1/s1. The van der Waals surface area contributed by atoms with Crippen molar-refractivity contribution < 1.29 is 36.3 Å². The van der Waals surface area contributed by atoms with Crippen LogP contribution in [-0.4, -0.2) is 59.7 Å². The van der Waals surface area contributed by atoms with Gasteiger partial charge in [-0.05, 0) is 67.0 Å². The first kappa shape index (κ1) is 30.5. The zero-order valence-electron chi connectivity index (χ0n) is 23.2. The second-order valence-electron chi connectivity index (χ2n) is 11.3. The normalized spacial score (nSPS) is 19.9. The zero-order chi connectivity index (χ0) is 30.1. The van der Waals surface area contributed by atoms with Crippen molar-refractivity contribution >= 4 is 17.7 Å². The highest BCUT2D eigenvalue weighted by Crippen LogP contribution is 2.50. The lowest BCUT2D eigenvalue weighted by molar-refractivity contribution is -0.144. The summed E-state index contributed by atoms with van der Waals surface area (Å²) in [5, 5.41) is 2.45. The molecule has 0 saturated carbocycles. The highest BCUT2D eigenvalue weighted by Gasteiger charge is 2.49. The van der Waals surface area contributed by atoms with E-state index in [1.807, 2.05) is 6.92 Å². The van der Waals surface area contributed by atoms with E-state index in [1.54, 1.807) is 35.8 Å². The molecule has 2 aliphatic heterocycles. The first-order valence-electron chi connectivity index (χ1n) is 13.8. The van der Waals surface area contributed by atoms with E-state index in [9.17, 15) is 36.3 Å². The molecule has 2 aliphatic rings. The van der Waals surface area contributed by atoms with E-state index in [1.165, 1.54) is 12.1 Å². The summed E-state index contributed by atoms with van der Waals surface area (Å²) in [5.41, 5.74) is -1.47. The maximum atomic E-state index is 14.3. The molecule has 222 valence electrons. The highest BCUT2D eigenvalue weighted by molar-refractivity contribution is 5.98. The lowest BCUT2D eigenvalue weighted by atomic mass is 9.62. The first-order valence-corrected chi connectivity index (χ1v) is 13.8. The maximum Gasteiger partial charge on any atom is 0.416 e. The molecule has 2 aromatic rings. The molecule has 41 heavy (non-hydrogen) atoms. The number of carbonyl (C=O) groups is 3. The van der Waals surface area contributed by atoms with Gasteiger partial charge >= 0.3 is 6.18 Å². The van der Waals surface area contributed by atoms with E-state index in [0.29, 0.717) is 63.6 Å². The second kappa shape index (κ2) is 11.8. The topological polar surface area (TPSA) is 69.7 Å². The largest absolute Gasteiger partial charge is 0.416 e.